The van der Waals surface area contributed by atoms with E-state index < -0.39 is 11.6 Å². The summed E-state index contributed by atoms with van der Waals surface area (Å²) in [5.41, 5.74) is 4.40. The Morgan fingerprint density at radius 2 is 1.66 bits per heavy atom. The highest BCUT2D eigenvalue weighted by atomic mass is 19.1. The van der Waals surface area contributed by atoms with Gasteiger partial charge in [0, 0.05) is 61.8 Å². The van der Waals surface area contributed by atoms with Crippen LogP contribution in [0.5, 0.6) is 6.01 Å². The van der Waals surface area contributed by atoms with Gasteiger partial charge in [0.25, 0.3) is 0 Å². The molecule has 5 rings (SSSR count). The van der Waals surface area contributed by atoms with Crippen molar-refractivity contribution in [3.05, 3.63) is 101 Å². The van der Waals surface area contributed by atoms with E-state index in [1.54, 1.807) is 4.68 Å². The molecule has 0 radical (unpaired) electrons. The van der Waals surface area contributed by atoms with Crippen LogP contribution < -0.4 is 9.64 Å². The largest absolute Gasteiger partial charge is 0.459 e. The van der Waals surface area contributed by atoms with Crippen molar-refractivity contribution < 1.29 is 13.5 Å². The van der Waals surface area contributed by atoms with Crippen LogP contribution >= 0.6 is 0 Å². The molecule has 0 spiro atoms. The molecule has 0 saturated carbocycles. The molecule has 1 fully saturated rings. The fourth-order valence-corrected chi connectivity index (χ4v) is 4.48. The van der Waals surface area contributed by atoms with E-state index in [9.17, 15) is 8.78 Å². The Labute approximate surface area is 221 Å². The minimum absolute atomic E-state index is 0.316. The number of aryl methyl sites for hydroxylation is 1. The standard InChI is InChI=1S/C29H30F2N6O/c1-21-15-28(34-29(33-21)38-20-23-7-4-3-5-8-23)37-22(2)24(19-32-37)9-6-10-35-11-13-36(14-12-35)27-17-25(30)16-26(31)18-27/h3-9,15-19H,10-14,20H2,1-2H3. The molecule has 3 heterocycles. The maximum Gasteiger partial charge on any atom is 0.318 e. The summed E-state index contributed by atoms with van der Waals surface area (Å²) in [4.78, 5) is 13.3. The van der Waals surface area contributed by atoms with Crippen LogP contribution in [0, 0.1) is 25.5 Å². The quantitative estimate of drug-likeness (QED) is 0.330. The summed E-state index contributed by atoms with van der Waals surface area (Å²) in [6.07, 6.45) is 6.00. The Bertz CT molecular complexity index is 1390. The number of hydrogen-bond acceptors (Lipinski definition) is 6. The van der Waals surface area contributed by atoms with Crippen molar-refractivity contribution in [3.63, 3.8) is 0 Å². The zero-order valence-electron chi connectivity index (χ0n) is 21.5. The van der Waals surface area contributed by atoms with E-state index in [0.29, 0.717) is 24.1 Å². The molecule has 4 aromatic rings. The molecule has 0 aliphatic carbocycles. The van der Waals surface area contributed by atoms with Gasteiger partial charge in [0.2, 0.25) is 0 Å². The van der Waals surface area contributed by atoms with Gasteiger partial charge in [-0.3, -0.25) is 4.90 Å². The van der Waals surface area contributed by atoms with Gasteiger partial charge in [0.05, 0.1) is 11.9 Å². The van der Waals surface area contributed by atoms with Gasteiger partial charge >= 0.3 is 6.01 Å². The SMILES string of the molecule is Cc1cc(-n2ncc(C=CCN3CCN(c4cc(F)cc(F)c4)CC3)c2C)nc(OCc2ccccc2)n1. The van der Waals surface area contributed by atoms with Crippen LogP contribution in [0.25, 0.3) is 11.9 Å². The van der Waals surface area contributed by atoms with Gasteiger partial charge < -0.3 is 9.64 Å². The number of ether oxygens (including phenoxy) is 1. The smallest absolute Gasteiger partial charge is 0.318 e. The maximum absolute atomic E-state index is 13.6. The fourth-order valence-electron chi connectivity index (χ4n) is 4.48. The summed E-state index contributed by atoms with van der Waals surface area (Å²) in [7, 11) is 0. The van der Waals surface area contributed by atoms with Crippen LogP contribution in [0.3, 0.4) is 0 Å². The Morgan fingerprint density at radius 3 is 2.39 bits per heavy atom. The monoisotopic (exact) mass is 516 g/mol. The van der Waals surface area contributed by atoms with Crippen molar-refractivity contribution in [3.8, 4) is 11.8 Å². The van der Waals surface area contributed by atoms with E-state index >= 15 is 0 Å². The molecule has 1 aliphatic rings. The average Bonchev–Trinajstić information content (AvgIpc) is 3.27. The van der Waals surface area contributed by atoms with Gasteiger partial charge in [-0.25, -0.2) is 18.4 Å². The predicted octanol–water partition coefficient (Wildman–Crippen LogP) is 4.97. The predicted molar refractivity (Wildman–Crippen MR) is 143 cm³/mol. The van der Waals surface area contributed by atoms with Crippen molar-refractivity contribution in [2.45, 2.75) is 20.5 Å². The van der Waals surface area contributed by atoms with Crippen LogP contribution in [-0.4, -0.2) is 57.4 Å². The van der Waals surface area contributed by atoms with Crippen LogP contribution in [0.15, 0.2) is 66.9 Å². The number of anilines is 1. The van der Waals surface area contributed by atoms with Crippen molar-refractivity contribution in [2.75, 3.05) is 37.6 Å². The molecule has 1 saturated heterocycles. The lowest BCUT2D eigenvalue weighted by atomic mass is 10.2. The minimum atomic E-state index is -0.547. The number of rotatable bonds is 8. The maximum atomic E-state index is 13.6. The summed E-state index contributed by atoms with van der Waals surface area (Å²) in [5.74, 6) is -0.439. The fraction of sp³-hybridized carbons (Fsp3) is 0.276. The summed E-state index contributed by atoms with van der Waals surface area (Å²) < 4.78 is 34.8. The van der Waals surface area contributed by atoms with Gasteiger partial charge in [0.15, 0.2) is 5.82 Å². The lowest BCUT2D eigenvalue weighted by molar-refractivity contribution is 0.279. The van der Waals surface area contributed by atoms with E-state index in [1.165, 1.54) is 12.1 Å². The number of nitrogens with zero attached hydrogens (tertiary/aromatic N) is 6. The Morgan fingerprint density at radius 1 is 0.921 bits per heavy atom. The van der Waals surface area contributed by atoms with Gasteiger partial charge in [0.1, 0.15) is 18.2 Å². The molecule has 38 heavy (non-hydrogen) atoms. The molecular weight excluding hydrogens is 486 g/mol. The van der Waals surface area contributed by atoms with E-state index in [1.807, 2.05) is 61.3 Å². The lowest BCUT2D eigenvalue weighted by Gasteiger charge is -2.35. The number of benzene rings is 2. The van der Waals surface area contributed by atoms with Crippen LogP contribution in [0.2, 0.25) is 0 Å². The molecule has 2 aromatic carbocycles. The first-order valence-corrected chi connectivity index (χ1v) is 12.6. The van der Waals surface area contributed by atoms with Crippen molar-refractivity contribution in [2.24, 2.45) is 0 Å². The number of aromatic nitrogens is 4. The average molecular weight is 517 g/mol. The molecule has 1 aliphatic heterocycles. The zero-order valence-corrected chi connectivity index (χ0v) is 21.5. The summed E-state index contributed by atoms with van der Waals surface area (Å²) in [5, 5.41) is 4.55. The highest BCUT2D eigenvalue weighted by Crippen LogP contribution is 2.20. The topological polar surface area (TPSA) is 59.3 Å². The second kappa shape index (κ2) is 11.5. The second-order valence-electron chi connectivity index (χ2n) is 9.34. The normalized spacial score (nSPS) is 14.4. The van der Waals surface area contributed by atoms with Gasteiger partial charge in [-0.2, -0.15) is 10.1 Å². The third-order valence-corrected chi connectivity index (χ3v) is 6.54. The van der Waals surface area contributed by atoms with Gasteiger partial charge in [-0.15, -0.1) is 0 Å². The third-order valence-electron chi connectivity index (χ3n) is 6.54. The molecule has 2 aromatic heterocycles. The highest BCUT2D eigenvalue weighted by Gasteiger charge is 2.18. The van der Waals surface area contributed by atoms with E-state index in [2.05, 4.69) is 32.1 Å². The number of piperazine rings is 1. The van der Waals surface area contributed by atoms with E-state index in [4.69, 9.17) is 4.74 Å². The Kier molecular flexibility index (Phi) is 7.74. The lowest BCUT2D eigenvalue weighted by Crippen LogP contribution is -2.46. The summed E-state index contributed by atoms with van der Waals surface area (Å²) >= 11 is 0. The van der Waals surface area contributed by atoms with E-state index in [-0.39, 0.29) is 0 Å². The van der Waals surface area contributed by atoms with Crippen molar-refractivity contribution in [1.82, 2.24) is 24.6 Å². The first kappa shape index (κ1) is 25.5. The van der Waals surface area contributed by atoms with Gasteiger partial charge in [-0.05, 0) is 31.5 Å². The highest BCUT2D eigenvalue weighted by molar-refractivity contribution is 5.52. The first-order chi connectivity index (χ1) is 18.4. The molecular formula is C29H30F2N6O. The third kappa shape index (κ3) is 6.23. The molecule has 0 bridgehead atoms. The summed E-state index contributed by atoms with van der Waals surface area (Å²) in [6, 6.07) is 15.8. The first-order valence-electron chi connectivity index (χ1n) is 12.6. The molecule has 0 unspecified atom stereocenters. The Balaban J connectivity index is 1.19. The van der Waals surface area contributed by atoms with Crippen LogP contribution in [-0.2, 0) is 6.61 Å². The molecule has 0 atom stereocenters. The Hall–Kier alpha value is -4.11. The number of hydrogen-bond donors (Lipinski definition) is 0. The van der Waals surface area contributed by atoms with Crippen LogP contribution in [0.4, 0.5) is 14.5 Å². The minimum Gasteiger partial charge on any atom is -0.459 e. The van der Waals surface area contributed by atoms with Crippen molar-refractivity contribution in [1.29, 1.82) is 0 Å². The van der Waals surface area contributed by atoms with Crippen LogP contribution in [0.1, 0.15) is 22.5 Å². The molecule has 0 amide bonds. The molecule has 0 N–H and O–H groups in total. The van der Waals surface area contributed by atoms with Crippen molar-refractivity contribution >= 4 is 11.8 Å². The molecule has 9 heteroatoms. The molecule has 196 valence electrons. The zero-order chi connectivity index (χ0) is 26.5. The van der Waals surface area contributed by atoms with E-state index in [0.717, 1.165) is 61.3 Å². The molecule has 7 nitrogen and oxygen atoms in total. The second-order valence-corrected chi connectivity index (χ2v) is 9.34. The summed E-state index contributed by atoms with van der Waals surface area (Å²) in [6.45, 7) is 8.14. The van der Waals surface area contributed by atoms with Gasteiger partial charge in [-0.1, -0.05) is 42.5 Å². The number of halogens is 2.